The molecule has 0 bridgehead atoms. The molecule has 0 aromatic carbocycles. The summed E-state index contributed by atoms with van der Waals surface area (Å²) in [4.78, 5) is 30.5. The third kappa shape index (κ3) is 6.87. The fourth-order valence-corrected chi connectivity index (χ4v) is 0.714. The molecule has 0 saturated carbocycles. The van der Waals surface area contributed by atoms with Crippen LogP contribution in [0.15, 0.2) is 0 Å². The lowest BCUT2D eigenvalue weighted by molar-refractivity contribution is -0.170. The molecule has 15 heavy (non-hydrogen) atoms. The van der Waals surface area contributed by atoms with E-state index in [1.165, 1.54) is 0 Å². The van der Waals surface area contributed by atoms with Crippen molar-refractivity contribution in [2.45, 2.75) is 18.4 Å². The highest BCUT2D eigenvalue weighted by atomic mass is 27.0. The van der Waals surface area contributed by atoms with Crippen molar-refractivity contribution in [2.75, 3.05) is 0 Å². The maximum Gasteiger partial charge on any atom is 0.336 e. The van der Waals surface area contributed by atoms with Crippen LogP contribution in [0.3, 0.4) is 0 Å². The van der Waals surface area contributed by atoms with Crippen LogP contribution >= 0.6 is 0 Å². The van der Waals surface area contributed by atoms with Gasteiger partial charge in [0.15, 0.2) is 23.0 Å². The molecule has 8 nitrogen and oxygen atoms in total. The molecule has 0 aliphatic carbocycles. The largest absolute Gasteiger partial charge is 0.481 e. The zero-order valence-corrected chi connectivity index (χ0v) is 7.13. The van der Waals surface area contributed by atoms with E-state index in [1.54, 1.807) is 0 Å². The number of carbonyl (C=O) groups is 3. The minimum absolute atomic E-state index is 0. The van der Waals surface area contributed by atoms with Crippen molar-refractivity contribution in [3.63, 3.8) is 0 Å². The first-order chi connectivity index (χ1) is 5.78. The number of hydrogen-bond acceptors (Lipinski definition) is 5. The summed E-state index contributed by atoms with van der Waals surface area (Å²) in [5.74, 6) is -5.02. The van der Waals surface area contributed by atoms with Crippen molar-refractivity contribution < 1.29 is 34.8 Å². The second-order valence-electron chi connectivity index (χ2n) is 2.48. The first kappa shape index (κ1) is 19.4. The van der Waals surface area contributed by atoms with Crippen LogP contribution in [-0.4, -0.2) is 61.3 Å². The molecule has 0 aromatic rings. The lowest BCUT2D eigenvalue weighted by Gasteiger charge is -2.18. The van der Waals surface area contributed by atoms with E-state index >= 15 is 0 Å². The Labute approximate surface area is 95.2 Å². The molecule has 0 radical (unpaired) electrons. The highest BCUT2D eigenvalue weighted by Gasteiger charge is 2.40. The highest BCUT2D eigenvalue weighted by Crippen LogP contribution is 2.15. The molecule has 0 spiro atoms. The predicted octanol–water partition coefficient (Wildman–Crippen LogP) is -2.27. The molecule has 7 N–H and O–H groups in total. The molecule has 0 saturated heterocycles. The van der Waals surface area contributed by atoms with Crippen molar-refractivity contribution in [3.05, 3.63) is 0 Å². The average Bonchev–Trinajstić information content (AvgIpc) is 1.82. The Morgan fingerprint density at radius 3 is 1.33 bits per heavy atom. The molecule has 0 amide bonds. The minimum atomic E-state index is -2.74. The highest BCUT2D eigenvalue weighted by molar-refractivity contribution is 5.88. The minimum Gasteiger partial charge on any atom is -0.481 e. The molecule has 0 aromatic heterocycles. The van der Waals surface area contributed by atoms with Gasteiger partial charge in [-0.2, -0.15) is 0 Å². The van der Waals surface area contributed by atoms with Crippen molar-refractivity contribution >= 4 is 35.3 Å². The molecule has 0 rings (SSSR count). The maximum absolute atomic E-state index is 10.3. The Hall–Kier alpha value is -1.14. The molecule has 0 aliphatic heterocycles. The summed E-state index contributed by atoms with van der Waals surface area (Å²) < 4.78 is 0. The van der Waals surface area contributed by atoms with E-state index in [1.807, 2.05) is 0 Å². The van der Waals surface area contributed by atoms with Crippen molar-refractivity contribution in [1.82, 2.24) is 6.15 Å². The number of aliphatic carboxylic acids is 3. The van der Waals surface area contributed by atoms with E-state index in [0.717, 1.165) is 0 Å². The zero-order chi connectivity index (χ0) is 10.6. The summed E-state index contributed by atoms with van der Waals surface area (Å²) in [6.07, 6.45) is -2.29. The summed E-state index contributed by atoms with van der Waals surface area (Å²) in [5, 5.41) is 33.8. The topological polar surface area (TPSA) is 167 Å². The fraction of sp³-hybridized carbons (Fsp3) is 0.500. The summed E-state index contributed by atoms with van der Waals surface area (Å²) >= 11 is 0. The predicted molar refractivity (Wildman–Crippen MR) is 52.1 cm³/mol. The number of hydrogen-bond donors (Lipinski definition) is 5. The van der Waals surface area contributed by atoms with Crippen molar-refractivity contribution in [3.8, 4) is 0 Å². The molecular weight excluding hydrogens is 225 g/mol. The van der Waals surface area contributed by atoms with Gasteiger partial charge < -0.3 is 26.6 Å². The van der Waals surface area contributed by atoms with E-state index in [2.05, 4.69) is 0 Å². The molecule has 88 valence electrons. The van der Waals surface area contributed by atoms with Gasteiger partial charge in [0, 0.05) is 0 Å². The third-order valence-corrected chi connectivity index (χ3v) is 1.29. The van der Waals surface area contributed by atoms with Crippen LogP contribution in [0.1, 0.15) is 12.8 Å². The Morgan fingerprint density at radius 2 is 1.20 bits per heavy atom. The van der Waals surface area contributed by atoms with Crippen LogP contribution in [-0.2, 0) is 14.4 Å². The van der Waals surface area contributed by atoms with Crippen molar-refractivity contribution in [1.29, 1.82) is 0 Å². The number of rotatable bonds is 5. The van der Waals surface area contributed by atoms with Gasteiger partial charge in [-0.1, -0.05) is 0 Å². The van der Waals surface area contributed by atoms with Gasteiger partial charge >= 0.3 is 17.9 Å². The standard InChI is InChI=1S/C6H8O7.Al.H3N.3H/c7-3(8)1-6(13,5(11)12)2-4(9)10;;;;;/h13H,1-2H2,(H,7,8)(H,9,10)(H,11,12);;1H3;;;. The fourth-order valence-electron chi connectivity index (χ4n) is 0.714. The first-order valence-electron chi connectivity index (χ1n) is 3.17. The molecular formula is C6H14AlNO7. The molecule has 0 aliphatic rings. The van der Waals surface area contributed by atoms with E-state index < -0.39 is 36.4 Å². The Kier molecular flexibility index (Phi) is 9.32. The average molecular weight is 239 g/mol. The van der Waals surface area contributed by atoms with Crippen molar-refractivity contribution in [2.24, 2.45) is 0 Å². The quantitative estimate of drug-likeness (QED) is 0.334. The Balaban J connectivity index is -0.000000720. The zero-order valence-electron chi connectivity index (χ0n) is 7.13. The number of carboxylic acids is 3. The summed E-state index contributed by atoms with van der Waals surface area (Å²) in [6.45, 7) is 0. The smallest absolute Gasteiger partial charge is 0.336 e. The van der Waals surface area contributed by atoms with Gasteiger partial charge in [0.25, 0.3) is 0 Å². The summed E-state index contributed by atoms with van der Waals surface area (Å²) in [5.41, 5.74) is -2.74. The summed E-state index contributed by atoms with van der Waals surface area (Å²) in [6, 6.07) is 0. The van der Waals surface area contributed by atoms with Gasteiger partial charge in [0.1, 0.15) is 0 Å². The maximum atomic E-state index is 10.3. The van der Waals surface area contributed by atoms with Gasteiger partial charge in [-0.05, 0) is 0 Å². The van der Waals surface area contributed by atoms with E-state index in [9.17, 15) is 14.4 Å². The van der Waals surface area contributed by atoms with E-state index in [-0.39, 0.29) is 23.5 Å². The number of aliphatic hydroxyl groups is 1. The van der Waals surface area contributed by atoms with E-state index in [4.69, 9.17) is 20.4 Å². The number of carboxylic acid groups (broad SMARTS) is 3. The van der Waals surface area contributed by atoms with Gasteiger partial charge in [0.05, 0.1) is 12.8 Å². The normalized spacial score (nSPS) is 9.40. The Morgan fingerprint density at radius 1 is 0.933 bits per heavy atom. The second kappa shape index (κ2) is 7.19. The SMILES string of the molecule is N.O=C(O)CC(O)(CC(=O)O)C(=O)O.[AlH3]. The molecule has 0 fully saturated rings. The van der Waals surface area contributed by atoms with Gasteiger partial charge in [-0.15, -0.1) is 0 Å². The Bertz CT molecular complexity index is 238. The van der Waals surface area contributed by atoms with Crippen LogP contribution < -0.4 is 6.15 Å². The van der Waals surface area contributed by atoms with Crippen LogP contribution in [0.4, 0.5) is 0 Å². The monoisotopic (exact) mass is 239 g/mol. The second-order valence-corrected chi connectivity index (χ2v) is 2.48. The molecule has 9 heteroatoms. The first-order valence-corrected chi connectivity index (χ1v) is 3.17. The molecule has 0 unspecified atom stereocenters. The van der Waals surface area contributed by atoms with Gasteiger partial charge in [-0.25, -0.2) is 4.79 Å². The van der Waals surface area contributed by atoms with Crippen LogP contribution in [0, 0.1) is 0 Å². The van der Waals surface area contributed by atoms with Crippen LogP contribution in [0.2, 0.25) is 0 Å². The molecule has 0 heterocycles. The summed E-state index contributed by atoms with van der Waals surface area (Å²) in [7, 11) is 0. The van der Waals surface area contributed by atoms with E-state index in [0.29, 0.717) is 0 Å². The lowest BCUT2D eigenvalue weighted by Crippen LogP contribution is -2.42. The third-order valence-electron chi connectivity index (χ3n) is 1.29. The van der Waals surface area contributed by atoms with Gasteiger partial charge in [-0.3, -0.25) is 9.59 Å². The van der Waals surface area contributed by atoms with Crippen LogP contribution in [0.25, 0.3) is 0 Å². The molecule has 0 atom stereocenters. The lowest BCUT2D eigenvalue weighted by atomic mass is 9.96. The van der Waals surface area contributed by atoms with Gasteiger partial charge in [0.2, 0.25) is 0 Å². The van der Waals surface area contributed by atoms with Crippen LogP contribution in [0.5, 0.6) is 0 Å².